The van der Waals surface area contributed by atoms with Gasteiger partial charge < -0.3 is 0 Å². The van der Waals surface area contributed by atoms with Gasteiger partial charge in [0.05, 0.1) is 0 Å². The Kier molecular flexibility index (Phi) is 7.36. The van der Waals surface area contributed by atoms with Crippen LogP contribution in [0.15, 0.2) is 16.3 Å². The fourth-order valence-corrected chi connectivity index (χ4v) is 1.60. The lowest BCUT2D eigenvalue weighted by molar-refractivity contribution is 0.632. The molecule has 0 amide bonds. The third kappa shape index (κ3) is 4.51. The van der Waals surface area contributed by atoms with E-state index >= 15 is 0 Å². The van der Waals surface area contributed by atoms with E-state index in [4.69, 9.17) is 4.99 Å². The topological polar surface area (TPSA) is 12.4 Å². The zero-order valence-corrected chi connectivity index (χ0v) is 12.2. The highest BCUT2D eigenvalue weighted by Crippen LogP contribution is 2.23. The fourth-order valence-electron chi connectivity index (χ4n) is 1.60. The third-order valence-electron chi connectivity index (χ3n) is 3.67. The van der Waals surface area contributed by atoms with Crippen molar-refractivity contribution in [1.82, 2.24) is 0 Å². The molecule has 2 atom stereocenters. The predicted octanol–water partition coefficient (Wildman–Crippen LogP) is 5.22. The third-order valence-corrected chi connectivity index (χ3v) is 3.67. The van der Waals surface area contributed by atoms with Gasteiger partial charge in [0.15, 0.2) is 0 Å². The predicted molar refractivity (Wildman–Crippen MR) is 75.0 cm³/mol. The van der Waals surface area contributed by atoms with Crippen LogP contribution in [-0.4, -0.2) is 5.71 Å². The summed E-state index contributed by atoms with van der Waals surface area (Å²) in [4.78, 5) is 4.89. The molecule has 0 aliphatic heterocycles. The zero-order chi connectivity index (χ0) is 12.7. The standard InChI is InChI=1S/C15H29N/c1-8-11(4)14(7)16-15(12(5)9-2)13(6)10-3/h11-12H,8-10H2,1-7H3/b15-13-,16-14-. The molecule has 2 unspecified atom stereocenters. The zero-order valence-electron chi connectivity index (χ0n) is 12.2. The number of rotatable bonds is 6. The molecule has 0 saturated carbocycles. The summed E-state index contributed by atoms with van der Waals surface area (Å²) < 4.78 is 0. The quantitative estimate of drug-likeness (QED) is 0.547. The first-order valence-electron chi connectivity index (χ1n) is 6.72. The number of hydrogen-bond donors (Lipinski definition) is 0. The average Bonchev–Trinajstić information content (AvgIpc) is 2.32. The monoisotopic (exact) mass is 223 g/mol. The molecule has 0 aliphatic carbocycles. The molecule has 0 bridgehead atoms. The minimum Gasteiger partial charge on any atom is -0.262 e. The van der Waals surface area contributed by atoms with Gasteiger partial charge in [-0.05, 0) is 44.9 Å². The molecule has 0 aromatic heterocycles. The Morgan fingerprint density at radius 2 is 1.44 bits per heavy atom. The van der Waals surface area contributed by atoms with Crippen LogP contribution in [0.3, 0.4) is 0 Å². The summed E-state index contributed by atoms with van der Waals surface area (Å²) >= 11 is 0. The van der Waals surface area contributed by atoms with E-state index in [1.165, 1.54) is 29.8 Å². The summed E-state index contributed by atoms with van der Waals surface area (Å²) in [6.07, 6.45) is 3.45. The average molecular weight is 223 g/mol. The van der Waals surface area contributed by atoms with Crippen molar-refractivity contribution >= 4 is 5.71 Å². The van der Waals surface area contributed by atoms with Crippen molar-refractivity contribution in [2.24, 2.45) is 16.8 Å². The number of aliphatic imine (C=N–C) groups is 1. The minimum absolute atomic E-state index is 0.582. The van der Waals surface area contributed by atoms with Crippen LogP contribution in [0.2, 0.25) is 0 Å². The van der Waals surface area contributed by atoms with Crippen molar-refractivity contribution in [2.45, 2.75) is 67.7 Å². The van der Waals surface area contributed by atoms with E-state index in [1.807, 2.05) is 0 Å². The van der Waals surface area contributed by atoms with Crippen LogP contribution in [0.1, 0.15) is 67.7 Å². The summed E-state index contributed by atoms with van der Waals surface area (Å²) in [5, 5.41) is 0. The lowest BCUT2D eigenvalue weighted by Gasteiger charge is -2.16. The van der Waals surface area contributed by atoms with Gasteiger partial charge in [0, 0.05) is 11.4 Å². The second-order valence-corrected chi connectivity index (χ2v) is 4.89. The van der Waals surface area contributed by atoms with Crippen molar-refractivity contribution in [3.63, 3.8) is 0 Å². The van der Waals surface area contributed by atoms with Gasteiger partial charge in [-0.2, -0.15) is 0 Å². The largest absolute Gasteiger partial charge is 0.262 e. The molecule has 16 heavy (non-hydrogen) atoms. The second kappa shape index (κ2) is 7.65. The minimum atomic E-state index is 0.582. The van der Waals surface area contributed by atoms with E-state index in [0.29, 0.717) is 11.8 Å². The molecule has 0 rings (SSSR count). The maximum absolute atomic E-state index is 4.89. The molecule has 0 spiro atoms. The van der Waals surface area contributed by atoms with Gasteiger partial charge in [-0.1, -0.05) is 40.2 Å². The Labute approximate surface area is 102 Å². The van der Waals surface area contributed by atoms with Crippen molar-refractivity contribution in [3.05, 3.63) is 11.3 Å². The van der Waals surface area contributed by atoms with E-state index in [2.05, 4.69) is 48.5 Å². The van der Waals surface area contributed by atoms with E-state index in [-0.39, 0.29) is 0 Å². The van der Waals surface area contributed by atoms with Gasteiger partial charge in [0.25, 0.3) is 0 Å². The first-order chi connectivity index (χ1) is 7.47. The molecule has 0 saturated heterocycles. The van der Waals surface area contributed by atoms with Crippen molar-refractivity contribution < 1.29 is 0 Å². The lowest BCUT2D eigenvalue weighted by atomic mass is 9.98. The molecule has 0 N–H and O–H groups in total. The number of allylic oxidation sites excluding steroid dienone is 2. The molecular weight excluding hydrogens is 194 g/mol. The molecule has 1 heteroatoms. The van der Waals surface area contributed by atoms with Crippen LogP contribution in [0.5, 0.6) is 0 Å². The van der Waals surface area contributed by atoms with Gasteiger partial charge in [0.1, 0.15) is 0 Å². The van der Waals surface area contributed by atoms with Crippen LogP contribution in [0.25, 0.3) is 0 Å². The van der Waals surface area contributed by atoms with Gasteiger partial charge in [-0.15, -0.1) is 0 Å². The summed E-state index contributed by atoms with van der Waals surface area (Å²) in [6.45, 7) is 15.6. The molecule has 0 fully saturated rings. The summed E-state index contributed by atoms with van der Waals surface area (Å²) in [7, 11) is 0. The van der Waals surface area contributed by atoms with E-state index < -0.39 is 0 Å². The molecule has 0 aromatic rings. The maximum atomic E-state index is 4.89. The normalized spacial score (nSPS) is 18.1. The Bertz CT molecular complexity index is 261. The van der Waals surface area contributed by atoms with Crippen molar-refractivity contribution in [2.75, 3.05) is 0 Å². The molecule has 0 heterocycles. The Morgan fingerprint density at radius 1 is 0.938 bits per heavy atom. The van der Waals surface area contributed by atoms with Crippen molar-refractivity contribution in [3.8, 4) is 0 Å². The first kappa shape index (κ1) is 15.4. The van der Waals surface area contributed by atoms with Gasteiger partial charge in [-0.3, -0.25) is 4.99 Å². The van der Waals surface area contributed by atoms with Crippen LogP contribution >= 0.6 is 0 Å². The van der Waals surface area contributed by atoms with E-state index in [0.717, 1.165) is 6.42 Å². The van der Waals surface area contributed by atoms with Gasteiger partial charge >= 0.3 is 0 Å². The second-order valence-electron chi connectivity index (χ2n) is 4.89. The molecule has 0 aromatic carbocycles. The Balaban J connectivity index is 5.09. The van der Waals surface area contributed by atoms with Crippen LogP contribution in [-0.2, 0) is 0 Å². The highest BCUT2D eigenvalue weighted by atomic mass is 14.8. The summed E-state index contributed by atoms with van der Waals surface area (Å²) in [6, 6.07) is 0. The smallest absolute Gasteiger partial charge is 0.0420 e. The van der Waals surface area contributed by atoms with E-state index in [9.17, 15) is 0 Å². The molecule has 0 aliphatic rings. The highest BCUT2D eigenvalue weighted by molar-refractivity contribution is 5.85. The Morgan fingerprint density at radius 3 is 1.81 bits per heavy atom. The SMILES string of the molecule is CC/C(C)=C(\N=C(\C)C(C)CC)C(C)CC. The highest BCUT2D eigenvalue weighted by Gasteiger charge is 2.11. The molecule has 94 valence electrons. The molecule has 1 nitrogen and oxygen atoms in total. The maximum Gasteiger partial charge on any atom is 0.0420 e. The number of nitrogens with zero attached hydrogens (tertiary/aromatic N) is 1. The van der Waals surface area contributed by atoms with Crippen LogP contribution in [0, 0.1) is 11.8 Å². The van der Waals surface area contributed by atoms with Crippen LogP contribution < -0.4 is 0 Å². The fraction of sp³-hybridized carbons (Fsp3) is 0.800. The first-order valence-corrected chi connectivity index (χ1v) is 6.72. The summed E-state index contributed by atoms with van der Waals surface area (Å²) in [5.74, 6) is 1.18. The Hall–Kier alpha value is -0.590. The van der Waals surface area contributed by atoms with Crippen molar-refractivity contribution in [1.29, 1.82) is 0 Å². The summed E-state index contributed by atoms with van der Waals surface area (Å²) in [5.41, 5.74) is 4.05. The van der Waals surface area contributed by atoms with Gasteiger partial charge in [0.2, 0.25) is 0 Å². The lowest BCUT2D eigenvalue weighted by Crippen LogP contribution is -2.08. The molecular formula is C15H29N. The number of hydrogen-bond acceptors (Lipinski definition) is 1. The van der Waals surface area contributed by atoms with Crippen LogP contribution in [0.4, 0.5) is 0 Å². The van der Waals surface area contributed by atoms with Gasteiger partial charge in [-0.25, -0.2) is 0 Å². The van der Waals surface area contributed by atoms with E-state index in [1.54, 1.807) is 0 Å². The molecule has 0 radical (unpaired) electrons.